The molecule has 0 N–H and O–H groups in total. The Hall–Kier alpha value is -1.34. The Morgan fingerprint density at radius 2 is 2.31 bits per heavy atom. The number of halogens is 1. The summed E-state index contributed by atoms with van der Waals surface area (Å²) in [5, 5.41) is 8.56. The molecule has 0 saturated heterocycles. The first-order valence-electron chi connectivity index (χ1n) is 4.89. The largest absolute Gasteiger partial charge is 0.469 e. The Morgan fingerprint density at radius 3 is 2.94 bits per heavy atom. The van der Waals surface area contributed by atoms with E-state index in [-0.39, 0.29) is 12.4 Å². The Labute approximate surface area is 103 Å². The molecule has 0 atom stereocenters. The first-order valence-corrected chi connectivity index (χ1v) is 5.68. The van der Waals surface area contributed by atoms with Crippen LogP contribution in [0.1, 0.15) is 17.5 Å². The highest BCUT2D eigenvalue weighted by atomic mass is 79.9. The minimum absolute atomic E-state index is 0.235. The van der Waals surface area contributed by atoms with Crippen LogP contribution in [0.5, 0.6) is 0 Å². The third-order valence-corrected chi connectivity index (χ3v) is 3.01. The first-order chi connectivity index (χ1) is 7.69. The zero-order valence-electron chi connectivity index (χ0n) is 9.00. The molecule has 0 radical (unpaired) electrons. The topological polar surface area (TPSA) is 50.1 Å². The maximum Gasteiger partial charge on any atom is 0.310 e. The maximum atomic E-state index is 11.3. The lowest BCUT2D eigenvalue weighted by atomic mass is 10.0. The second-order valence-electron chi connectivity index (χ2n) is 3.29. The van der Waals surface area contributed by atoms with Crippen LogP contribution in [0.15, 0.2) is 22.7 Å². The average molecular weight is 282 g/mol. The second-order valence-corrected chi connectivity index (χ2v) is 4.14. The van der Waals surface area contributed by atoms with Crippen LogP contribution < -0.4 is 0 Å². The monoisotopic (exact) mass is 281 g/mol. The summed E-state index contributed by atoms with van der Waals surface area (Å²) in [4.78, 5) is 11.3. The zero-order chi connectivity index (χ0) is 12.0. The molecule has 0 heterocycles. The molecule has 4 heteroatoms. The first kappa shape index (κ1) is 12.7. The summed E-state index contributed by atoms with van der Waals surface area (Å²) in [5.74, 6) is -0.273. The molecule has 0 aliphatic rings. The number of rotatable bonds is 4. The molecule has 84 valence electrons. The van der Waals surface area contributed by atoms with Gasteiger partial charge in [0.15, 0.2) is 0 Å². The zero-order valence-corrected chi connectivity index (χ0v) is 10.6. The van der Waals surface area contributed by atoms with Crippen LogP contribution in [0.4, 0.5) is 0 Å². The van der Waals surface area contributed by atoms with E-state index in [1.807, 2.05) is 18.2 Å². The second kappa shape index (κ2) is 6.29. The number of carbonyl (C=O) groups excluding carboxylic acids is 1. The molecule has 0 unspecified atom stereocenters. The Balaban J connectivity index is 2.94. The highest BCUT2D eigenvalue weighted by Crippen LogP contribution is 2.22. The van der Waals surface area contributed by atoms with E-state index < -0.39 is 0 Å². The van der Waals surface area contributed by atoms with Crippen molar-refractivity contribution in [3.8, 4) is 6.07 Å². The molecule has 3 nitrogen and oxygen atoms in total. The fourth-order valence-electron chi connectivity index (χ4n) is 1.44. The predicted molar refractivity (Wildman–Crippen MR) is 63.8 cm³/mol. The summed E-state index contributed by atoms with van der Waals surface area (Å²) < 4.78 is 5.53. The lowest BCUT2D eigenvalue weighted by Gasteiger charge is -2.09. The number of benzene rings is 1. The number of nitriles is 1. The molecule has 0 spiro atoms. The molecule has 0 aliphatic heterocycles. The van der Waals surface area contributed by atoms with Gasteiger partial charge in [0.1, 0.15) is 0 Å². The quantitative estimate of drug-likeness (QED) is 0.798. The summed E-state index contributed by atoms with van der Waals surface area (Å²) in [6, 6.07) is 7.81. The Kier molecular flexibility index (Phi) is 5.00. The number of hydrogen-bond donors (Lipinski definition) is 0. The SMILES string of the molecule is COC(=O)Cc1c(Br)cccc1CCC#N. The number of hydrogen-bond acceptors (Lipinski definition) is 3. The molecule has 0 amide bonds. The molecular weight excluding hydrogens is 270 g/mol. The summed E-state index contributed by atoms with van der Waals surface area (Å²) in [6.45, 7) is 0. The molecule has 1 rings (SSSR count). The van der Waals surface area contributed by atoms with Gasteiger partial charge >= 0.3 is 5.97 Å². The van der Waals surface area contributed by atoms with E-state index in [4.69, 9.17) is 5.26 Å². The van der Waals surface area contributed by atoms with Gasteiger partial charge < -0.3 is 4.74 Å². The van der Waals surface area contributed by atoms with Gasteiger partial charge in [-0.05, 0) is 23.6 Å². The predicted octanol–water partition coefficient (Wildman–Crippen LogP) is 2.62. The molecule has 1 aromatic rings. The third kappa shape index (κ3) is 3.35. The van der Waals surface area contributed by atoms with Crippen LogP contribution in [0, 0.1) is 11.3 Å². The van der Waals surface area contributed by atoms with E-state index in [0.29, 0.717) is 12.8 Å². The van der Waals surface area contributed by atoms with E-state index in [1.54, 1.807) is 0 Å². The van der Waals surface area contributed by atoms with Crippen molar-refractivity contribution in [3.63, 3.8) is 0 Å². The molecular formula is C12H12BrNO2. The average Bonchev–Trinajstić information content (AvgIpc) is 2.29. The highest BCUT2D eigenvalue weighted by molar-refractivity contribution is 9.10. The standard InChI is InChI=1S/C12H12BrNO2/c1-16-12(15)8-10-9(5-3-7-14)4-2-6-11(10)13/h2,4,6H,3,5,8H2,1H3. The normalized spacial score (nSPS) is 9.56. The molecule has 0 saturated carbocycles. The van der Waals surface area contributed by atoms with Crippen molar-refractivity contribution in [2.45, 2.75) is 19.3 Å². The van der Waals surface area contributed by atoms with E-state index >= 15 is 0 Å². The summed E-state index contributed by atoms with van der Waals surface area (Å²) in [5.41, 5.74) is 1.92. The number of aryl methyl sites for hydroxylation is 1. The van der Waals surface area contributed by atoms with Crippen molar-refractivity contribution < 1.29 is 9.53 Å². The smallest absolute Gasteiger partial charge is 0.310 e. The molecule has 0 fully saturated rings. The van der Waals surface area contributed by atoms with Crippen LogP contribution in [0.2, 0.25) is 0 Å². The summed E-state index contributed by atoms with van der Waals surface area (Å²) in [6.07, 6.45) is 1.34. The summed E-state index contributed by atoms with van der Waals surface area (Å²) in [7, 11) is 1.37. The Bertz CT molecular complexity index is 424. The minimum Gasteiger partial charge on any atom is -0.469 e. The van der Waals surface area contributed by atoms with Gasteiger partial charge in [0, 0.05) is 10.9 Å². The molecule has 0 bridgehead atoms. The van der Waals surface area contributed by atoms with Gasteiger partial charge in [0.25, 0.3) is 0 Å². The molecule has 0 aliphatic carbocycles. The van der Waals surface area contributed by atoms with Crippen molar-refractivity contribution in [1.82, 2.24) is 0 Å². The van der Waals surface area contributed by atoms with Crippen molar-refractivity contribution >= 4 is 21.9 Å². The van der Waals surface area contributed by atoms with Gasteiger partial charge in [-0.2, -0.15) is 5.26 Å². The van der Waals surface area contributed by atoms with Crippen LogP contribution in [0.25, 0.3) is 0 Å². The van der Waals surface area contributed by atoms with Gasteiger partial charge in [0.05, 0.1) is 19.6 Å². The van der Waals surface area contributed by atoms with E-state index in [9.17, 15) is 4.79 Å². The van der Waals surface area contributed by atoms with E-state index in [0.717, 1.165) is 15.6 Å². The van der Waals surface area contributed by atoms with Gasteiger partial charge in [-0.15, -0.1) is 0 Å². The lowest BCUT2D eigenvalue weighted by Crippen LogP contribution is -2.07. The van der Waals surface area contributed by atoms with Crippen LogP contribution in [0.3, 0.4) is 0 Å². The number of carbonyl (C=O) groups is 1. The van der Waals surface area contributed by atoms with Crippen molar-refractivity contribution in [2.75, 3.05) is 7.11 Å². The fourth-order valence-corrected chi connectivity index (χ4v) is 1.99. The number of nitrogens with zero attached hydrogens (tertiary/aromatic N) is 1. The van der Waals surface area contributed by atoms with Crippen molar-refractivity contribution in [1.29, 1.82) is 5.26 Å². The fraction of sp³-hybridized carbons (Fsp3) is 0.333. The van der Waals surface area contributed by atoms with Gasteiger partial charge in [-0.25, -0.2) is 0 Å². The molecule has 1 aromatic carbocycles. The minimum atomic E-state index is -0.273. The van der Waals surface area contributed by atoms with Gasteiger partial charge in [0.2, 0.25) is 0 Å². The highest BCUT2D eigenvalue weighted by Gasteiger charge is 2.11. The molecule has 0 aromatic heterocycles. The van der Waals surface area contributed by atoms with Crippen LogP contribution >= 0.6 is 15.9 Å². The van der Waals surface area contributed by atoms with Crippen LogP contribution in [-0.2, 0) is 22.4 Å². The lowest BCUT2D eigenvalue weighted by molar-refractivity contribution is -0.139. The third-order valence-electron chi connectivity index (χ3n) is 2.27. The van der Waals surface area contributed by atoms with Gasteiger partial charge in [-0.1, -0.05) is 28.1 Å². The maximum absolute atomic E-state index is 11.3. The molecule has 16 heavy (non-hydrogen) atoms. The van der Waals surface area contributed by atoms with Crippen molar-refractivity contribution in [3.05, 3.63) is 33.8 Å². The number of ether oxygens (including phenoxy) is 1. The van der Waals surface area contributed by atoms with Gasteiger partial charge in [-0.3, -0.25) is 4.79 Å². The van der Waals surface area contributed by atoms with Crippen molar-refractivity contribution in [2.24, 2.45) is 0 Å². The number of esters is 1. The number of methoxy groups -OCH3 is 1. The van der Waals surface area contributed by atoms with Crippen LogP contribution in [-0.4, -0.2) is 13.1 Å². The Morgan fingerprint density at radius 1 is 1.56 bits per heavy atom. The summed E-state index contributed by atoms with van der Waals surface area (Å²) >= 11 is 3.41. The van der Waals surface area contributed by atoms with E-state index in [1.165, 1.54) is 7.11 Å². The van der Waals surface area contributed by atoms with E-state index in [2.05, 4.69) is 26.7 Å².